The SMILES string of the molecule is CCCNC(=O)CN1CCN([C@H](C)C(=O)N2CCc3ccccc32)CC1. The second-order valence-corrected chi connectivity index (χ2v) is 7.21. The predicted octanol–water partition coefficient (Wildman–Crippen LogP) is 1.11. The molecule has 6 nitrogen and oxygen atoms in total. The minimum atomic E-state index is -0.128. The van der Waals surface area contributed by atoms with E-state index < -0.39 is 0 Å². The molecule has 0 bridgehead atoms. The Bertz CT molecular complexity index is 640. The molecule has 3 rings (SSSR count). The molecule has 26 heavy (non-hydrogen) atoms. The average molecular weight is 358 g/mol. The Morgan fingerprint density at radius 3 is 2.58 bits per heavy atom. The number of para-hydroxylation sites is 1. The first-order valence-electron chi connectivity index (χ1n) is 9.72. The molecule has 6 heteroatoms. The zero-order valence-corrected chi connectivity index (χ0v) is 15.9. The van der Waals surface area contributed by atoms with Crippen molar-refractivity contribution in [1.29, 1.82) is 0 Å². The summed E-state index contributed by atoms with van der Waals surface area (Å²) < 4.78 is 0. The molecule has 2 heterocycles. The van der Waals surface area contributed by atoms with Crippen LogP contribution in [0.25, 0.3) is 0 Å². The van der Waals surface area contributed by atoms with Crippen LogP contribution < -0.4 is 10.2 Å². The number of anilines is 1. The maximum absolute atomic E-state index is 13.0. The van der Waals surface area contributed by atoms with Crippen molar-refractivity contribution in [2.75, 3.05) is 50.7 Å². The van der Waals surface area contributed by atoms with Crippen LogP contribution in [0, 0.1) is 0 Å². The van der Waals surface area contributed by atoms with E-state index in [1.54, 1.807) is 0 Å². The Labute approximate surface area is 156 Å². The number of hydrogen-bond donors (Lipinski definition) is 1. The van der Waals surface area contributed by atoms with Gasteiger partial charge in [-0.3, -0.25) is 19.4 Å². The fourth-order valence-corrected chi connectivity index (χ4v) is 3.78. The summed E-state index contributed by atoms with van der Waals surface area (Å²) in [4.78, 5) is 31.2. The molecule has 1 atom stereocenters. The van der Waals surface area contributed by atoms with Gasteiger partial charge in [-0.15, -0.1) is 0 Å². The molecule has 1 aromatic carbocycles. The van der Waals surface area contributed by atoms with Crippen molar-refractivity contribution in [3.8, 4) is 0 Å². The molecule has 0 saturated carbocycles. The van der Waals surface area contributed by atoms with Crippen molar-refractivity contribution in [2.24, 2.45) is 0 Å². The fraction of sp³-hybridized carbons (Fsp3) is 0.600. The molecule has 0 spiro atoms. The summed E-state index contributed by atoms with van der Waals surface area (Å²) in [6, 6.07) is 8.05. The Morgan fingerprint density at radius 1 is 1.12 bits per heavy atom. The van der Waals surface area contributed by atoms with Crippen molar-refractivity contribution in [1.82, 2.24) is 15.1 Å². The molecule has 2 aliphatic heterocycles. The van der Waals surface area contributed by atoms with Crippen molar-refractivity contribution in [3.63, 3.8) is 0 Å². The third-order valence-electron chi connectivity index (χ3n) is 5.40. The van der Waals surface area contributed by atoms with Gasteiger partial charge in [0.1, 0.15) is 0 Å². The summed E-state index contributed by atoms with van der Waals surface area (Å²) in [6.45, 7) is 9.33. The summed E-state index contributed by atoms with van der Waals surface area (Å²) in [5.74, 6) is 0.280. The molecule has 0 unspecified atom stereocenters. The zero-order chi connectivity index (χ0) is 18.5. The van der Waals surface area contributed by atoms with Crippen LogP contribution in [-0.2, 0) is 16.0 Å². The van der Waals surface area contributed by atoms with E-state index in [1.165, 1.54) is 5.56 Å². The van der Waals surface area contributed by atoms with Gasteiger partial charge < -0.3 is 10.2 Å². The first-order chi connectivity index (χ1) is 12.6. The van der Waals surface area contributed by atoms with Gasteiger partial charge in [0.2, 0.25) is 11.8 Å². The molecule has 2 amide bonds. The monoisotopic (exact) mass is 358 g/mol. The molecule has 1 N–H and O–H groups in total. The summed E-state index contributed by atoms with van der Waals surface area (Å²) in [6.07, 6.45) is 1.90. The van der Waals surface area contributed by atoms with Crippen LogP contribution >= 0.6 is 0 Å². The molecule has 2 aliphatic rings. The highest BCUT2D eigenvalue weighted by Crippen LogP contribution is 2.28. The molecule has 1 saturated heterocycles. The number of nitrogens with zero attached hydrogens (tertiary/aromatic N) is 3. The Balaban J connectivity index is 1.50. The number of carbonyl (C=O) groups is 2. The molecular weight excluding hydrogens is 328 g/mol. The van der Waals surface area contributed by atoms with Gasteiger partial charge in [0.05, 0.1) is 12.6 Å². The van der Waals surface area contributed by atoms with Gasteiger partial charge in [-0.2, -0.15) is 0 Å². The number of piperazine rings is 1. The highest BCUT2D eigenvalue weighted by molar-refractivity contribution is 5.98. The lowest BCUT2D eigenvalue weighted by atomic mass is 10.1. The molecular formula is C20H30N4O2. The standard InChI is InChI=1S/C20H30N4O2/c1-3-9-21-19(25)15-22-11-13-23(14-12-22)16(2)20(26)24-10-8-17-6-4-5-7-18(17)24/h4-7,16H,3,8-15H2,1-2H3,(H,21,25)/t16-/m1/s1. The maximum atomic E-state index is 13.0. The molecule has 0 radical (unpaired) electrons. The number of benzene rings is 1. The molecule has 1 fully saturated rings. The quantitative estimate of drug-likeness (QED) is 0.828. The summed E-state index contributed by atoms with van der Waals surface area (Å²) >= 11 is 0. The Hall–Kier alpha value is -1.92. The van der Waals surface area contributed by atoms with E-state index in [1.807, 2.05) is 30.0 Å². The van der Waals surface area contributed by atoms with Gasteiger partial charge in [-0.1, -0.05) is 25.1 Å². The first-order valence-corrected chi connectivity index (χ1v) is 9.72. The lowest BCUT2D eigenvalue weighted by Crippen LogP contribution is -2.55. The number of carbonyl (C=O) groups excluding carboxylic acids is 2. The molecule has 1 aromatic rings. The second-order valence-electron chi connectivity index (χ2n) is 7.21. The summed E-state index contributed by atoms with van der Waals surface area (Å²) in [5, 5.41) is 2.92. The number of nitrogens with one attached hydrogen (secondary N) is 1. The van der Waals surface area contributed by atoms with Gasteiger partial charge in [-0.05, 0) is 31.4 Å². The minimum Gasteiger partial charge on any atom is -0.355 e. The topological polar surface area (TPSA) is 55.9 Å². The van der Waals surface area contributed by atoms with Crippen LogP contribution in [-0.4, -0.2) is 73.5 Å². The first kappa shape index (κ1) is 18.9. The van der Waals surface area contributed by atoms with E-state index in [9.17, 15) is 9.59 Å². The third kappa shape index (κ3) is 4.24. The van der Waals surface area contributed by atoms with Gasteiger partial charge in [0.25, 0.3) is 0 Å². The lowest BCUT2D eigenvalue weighted by molar-refractivity contribution is -0.126. The van der Waals surface area contributed by atoms with Gasteiger partial charge in [-0.25, -0.2) is 0 Å². The van der Waals surface area contributed by atoms with E-state index in [-0.39, 0.29) is 17.9 Å². The number of amides is 2. The van der Waals surface area contributed by atoms with E-state index in [0.717, 1.165) is 57.8 Å². The van der Waals surface area contributed by atoms with E-state index in [0.29, 0.717) is 6.54 Å². The third-order valence-corrected chi connectivity index (χ3v) is 5.40. The van der Waals surface area contributed by atoms with E-state index >= 15 is 0 Å². The maximum Gasteiger partial charge on any atom is 0.244 e. The number of hydrogen-bond acceptors (Lipinski definition) is 4. The van der Waals surface area contributed by atoms with Crippen LogP contribution in [0.15, 0.2) is 24.3 Å². The van der Waals surface area contributed by atoms with Crippen molar-refractivity contribution in [2.45, 2.75) is 32.7 Å². The van der Waals surface area contributed by atoms with E-state index in [4.69, 9.17) is 0 Å². The van der Waals surface area contributed by atoms with Crippen LogP contribution in [0.5, 0.6) is 0 Å². The largest absolute Gasteiger partial charge is 0.355 e. The second kappa shape index (κ2) is 8.64. The van der Waals surface area contributed by atoms with Crippen molar-refractivity contribution < 1.29 is 9.59 Å². The molecule has 0 aliphatic carbocycles. The number of fused-ring (bicyclic) bond motifs is 1. The van der Waals surface area contributed by atoms with Crippen molar-refractivity contribution >= 4 is 17.5 Å². The van der Waals surface area contributed by atoms with E-state index in [2.05, 4.69) is 28.1 Å². The minimum absolute atomic E-state index is 0.0955. The van der Waals surface area contributed by atoms with Crippen LogP contribution in [0.3, 0.4) is 0 Å². The lowest BCUT2D eigenvalue weighted by Gasteiger charge is -2.38. The Morgan fingerprint density at radius 2 is 1.85 bits per heavy atom. The molecule has 142 valence electrons. The highest BCUT2D eigenvalue weighted by Gasteiger charge is 2.32. The van der Waals surface area contributed by atoms with Crippen molar-refractivity contribution in [3.05, 3.63) is 29.8 Å². The van der Waals surface area contributed by atoms with Crippen LogP contribution in [0.2, 0.25) is 0 Å². The smallest absolute Gasteiger partial charge is 0.244 e. The normalized spacial score (nSPS) is 19.2. The zero-order valence-electron chi connectivity index (χ0n) is 15.9. The van der Waals surface area contributed by atoms with Gasteiger partial charge >= 0.3 is 0 Å². The molecule has 0 aromatic heterocycles. The predicted molar refractivity (Wildman–Crippen MR) is 103 cm³/mol. The average Bonchev–Trinajstić information content (AvgIpc) is 3.10. The number of rotatable bonds is 6. The van der Waals surface area contributed by atoms with Crippen LogP contribution in [0.1, 0.15) is 25.8 Å². The van der Waals surface area contributed by atoms with Crippen LogP contribution in [0.4, 0.5) is 5.69 Å². The Kier molecular flexibility index (Phi) is 6.27. The summed E-state index contributed by atoms with van der Waals surface area (Å²) in [5.41, 5.74) is 2.33. The fourth-order valence-electron chi connectivity index (χ4n) is 3.78. The van der Waals surface area contributed by atoms with Gasteiger partial charge in [0.15, 0.2) is 0 Å². The van der Waals surface area contributed by atoms with Gasteiger partial charge in [0, 0.05) is 45.0 Å². The highest BCUT2D eigenvalue weighted by atomic mass is 16.2. The summed E-state index contributed by atoms with van der Waals surface area (Å²) in [7, 11) is 0.